The maximum Gasteiger partial charge on any atom is 0.0687 e. The predicted molar refractivity (Wildman–Crippen MR) is 50.3 cm³/mol. The summed E-state index contributed by atoms with van der Waals surface area (Å²) < 4.78 is 4.91. The van der Waals surface area contributed by atoms with Crippen molar-refractivity contribution in [3.63, 3.8) is 0 Å². The topological polar surface area (TPSA) is 41.5 Å². The van der Waals surface area contributed by atoms with Crippen molar-refractivity contribution >= 4 is 0 Å². The highest BCUT2D eigenvalue weighted by Crippen LogP contribution is 1.96. The number of ether oxygens (including phenoxy) is 1. The standard InChI is InChI=1S/C9H21NO2/c1-4-9(11)8(2)10-6-5-7-12-3/h8-11H,4-7H2,1-3H3. The van der Waals surface area contributed by atoms with E-state index in [2.05, 4.69) is 5.32 Å². The SMILES string of the molecule is CCC(O)C(C)NCCCOC. The van der Waals surface area contributed by atoms with Crippen molar-refractivity contribution in [1.82, 2.24) is 5.32 Å². The molecule has 3 heteroatoms. The molecule has 3 nitrogen and oxygen atoms in total. The molecular formula is C9H21NO2. The Hall–Kier alpha value is -0.120. The van der Waals surface area contributed by atoms with Crippen LogP contribution < -0.4 is 5.32 Å². The molecule has 0 rings (SSSR count). The molecule has 0 amide bonds. The monoisotopic (exact) mass is 175 g/mol. The number of hydrogen-bond donors (Lipinski definition) is 2. The van der Waals surface area contributed by atoms with E-state index in [-0.39, 0.29) is 12.1 Å². The van der Waals surface area contributed by atoms with Gasteiger partial charge in [-0.25, -0.2) is 0 Å². The number of nitrogens with one attached hydrogen (secondary N) is 1. The highest BCUT2D eigenvalue weighted by molar-refractivity contribution is 4.68. The molecule has 0 aromatic carbocycles. The second-order valence-electron chi connectivity index (χ2n) is 3.06. The van der Waals surface area contributed by atoms with E-state index in [0.717, 1.165) is 26.0 Å². The zero-order valence-electron chi connectivity index (χ0n) is 8.34. The largest absolute Gasteiger partial charge is 0.392 e. The van der Waals surface area contributed by atoms with Gasteiger partial charge in [-0.05, 0) is 26.3 Å². The molecule has 0 bridgehead atoms. The van der Waals surface area contributed by atoms with Gasteiger partial charge in [-0.15, -0.1) is 0 Å². The van der Waals surface area contributed by atoms with Crippen LogP contribution in [0.5, 0.6) is 0 Å². The summed E-state index contributed by atoms with van der Waals surface area (Å²) in [5, 5.41) is 12.6. The molecule has 0 heterocycles. The fraction of sp³-hybridized carbons (Fsp3) is 1.00. The first-order valence-corrected chi connectivity index (χ1v) is 4.62. The van der Waals surface area contributed by atoms with Crippen LogP contribution in [0.15, 0.2) is 0 Å². The van der Waals surface area contributed by atoms with Crippen molar-refractivity contribution in [2.45, 2.75) is 38.8 Å². The molecule has 2 N–H and O–H groups in total. The minimum Gasteiger partial charge on any atom is -0.392 e. The van der Waals surface area contributed by atoms with Crippen LogP contribution >= 0.6 is 0 Å². The van der Waals surface area contributed by atoms with Crippen LogP contribution in [0.2, 0.25) is 0 Å². The summed E-state index contributed by atoms with van der Waals surface area (Å²) in [5.41, 5.74) is 0. The Labute approximate surface area is 75.1 Å². The smallest absolute Gasteiger partial charge is 0.0687 e. The summed E-state index contributed by atoms with van der Waals surface area (Å²) in [5.74, 6) is 0. The molecule has 0 radical (unpaired) electrons. The van der Waals surface area contributed by atoms with Crippen LogP contribution in [0.3, 0.4) is 0 Å². The maximum absolute atomic E-state index is 9.39. The second-order valence-corrected chi connectivity index (χ2v) is 3.06. The molecule has 2 atom stereocenters. The minimum atomic E-state index is -0.229. The van der Waals surface area contributed by atoms with Crippen molar-refractivity contribution in [1.29, 1.82) is 0 Å². The summed E-state index contributed by atoms with van der Waals surface area (Å²) in [6, 6.07) is 0.187. The molecule has 0 spiro atoms. The van der Waals surface area contributed by atoms with Crippen molar-refractivity contribution in [2.24, 2.45) is 0 Å². The van der Waals surface area contributed by atoms with Crippen molar-refractivity contribution < 1.29 is 9.84 Å². The van der Waals surface area contributed by atoms with E-state index >= 15 is 0 Å². The van der Waals surface area contributed by atoms with Crippen LogP contribution in [0.25, 0.3) is 0 Å². The Balaban J connectivity index is 3.24. The number of methoxy groups -OCH3 is 1. The van der Waals surface area contributed by atoms with Gasteiger partial charge < -0.3 is 15.2 Å². The van der Waals surface area contributed by atoms with Crippen molar-refractivity contribution in [2.75, 3.05) is 20.3 Å². The van der Waals surface area contributed by atoms with Crippen LogP contribution in [-0.4, -0.2) is 37.5 Å². The lowest BCUT2D eigenvalue weighted by molar-refractivity contribution is 0.127. The van der Waals surface area contributed by atoms with E-state index in [1.165, 1.54) is 0 Å². The first-order valence-electron chi connectivity index (χ1n) is 4.62. The van der Waals surface area contributed by atoms with Gasteiger partial charge in [-0.2, -0.15) is 0 Å². The molecule has 0 saturated heterocycles. The summed E-state index contributed by atoms with van der Waals surface area (Å²) >= 11 is 0. The van der Waals surface area contributed by atoms with Crippen LogP contribution in [0.4, 0.5) is 0 Å². The molecule has 0 aromatic heterocycles. The molecular weight excluding hydrogens is 154 g/mol. The van der Waals surface area contributed by atoms with E-state index in [1.54, 1.807) is 7.11 Å². The number of hydrogen-bond acceptors (Lipinski definition) is 3. The zero-order valence-corrected chi connectivity index (χ0v) is 8.34. The highest BCUT2D eigenvalue weighted by Gasteiger charge is 2.09. The molecule has 74 valence electrons. The van der Waals surface area contributed by atoms with Crippen LogP contribution in [0.1, 0.15) is 26.7 Å². The Morgan fingerprint density at radius 3 is 2.67 bits per heavy atom. The third kappa shape index (κ3) is 5.52. The summed E-state index contributed by atoms with van der Waals surface area (Å²) in [6.07, 6.45) is 1.57. The van der Waals surface area contributed by atoms with E-state index in [4.69, 9.17) is 4.74 Å². The highest BCUT2D eigenvalue weighted by atomic mass is 16.5. The fourth-order valence-corrected chi connectivity index (χ4v) is 1.04. The lowest BCUT2D eigenvalue weighted by atomic mass is 10.1. The summed E-state index contributed by atoms with van der Waals surface area (Å²) in [6.45, 7) is 5.67. The van der Waals surface area contributed by atoms with Crippen molar-refractivity contribution in [3.8, 4) is 0 Å². The molecule has 0 fully saturated rings. The molecule has 0 aromatic rings. The molecule has 0 aliphatic carbocycles. The number of aliphatic hydroxyl groups is 1. The summed E-state index contributed by atoms with van der Waals surface area (Å²) in [7, 11) is 1.70. The predicted octanol–water partition coefficient (Wildman–Crippen LogP) is 0.772. The maximum atomic E-state index is 9.39. The third-order valence-electron chi connectivity index (χ3n) is 1.99. The van der Waals surface area contributed by atoms with Gasteiger partial charge in [0.2, 0.25) is 0 Å². The third-order valence-corrected chi connectivity index (χ3v) is 1.99. The summed E-state index contributed by atoms with van der Waals surface area (Å²) in [4.78, 5) is 0. The molecule has 0 saturated carbocycles. The lowest BCUT2D eigenvalue weighted by Gasteiger charge is -2.18. The van der Waals surface area contributed by atoms with E-state index < -0.39 is 0 Å². The van der Waals surface area contributed by atoms with Gasteiger partial charge in [0.25, 0.3) is 0 Å². The van der Waals surface area contributed by atoms with E-state index in [9.17, 15) is 5.11 Å². The van der Waals surface area contributed by atoms with Crippen LogP contribution in [0, 0.1) is 0 Å². The average Bonchev–Trinajstić information content (AvgIpc) is 2.10. The Morgan fingerprint density at radius 2 is 2.17 bits per heavy atom. The first-order chi connectivity index (χ1) is 5.72. The number of aliphatic hydroxyl groups excluding tert-OH is 1. The molecule has 0 aliphatic rings. The molecule has 12 heavy (non-hydrogen) atoms. The van der Waals surface area contributed by atoms with Crippen LogP contribution in [-0.2, 0) is 4.74 Å². The number of rotatable bonds is 7. The van der Waals surface area contributed by atoms with Gasteiger partial charge in [0.15, 0.2) is 0 Å². The zero-order chi connectivity index (χ0) is 9.40. The van der Waals surface area contributed by atoms with E-state index in [1.807, 2.05) is 13.8 Å². The molecule has 2 unspecified atom stereocenters. The van der Waals surface area contributed by atoms with Gasteiger partial charge >= 0.3 is 0 Å². The minimum absolute atomic E-state index is 0.187. The van der Waals surface area contributed by atoms with Gasteiger partial charge in [0, 0.05) is 19.8 Å². The lowest BCUT2D eigenvalue weighted by Crippen LogP contribution is -2.37. The normalized spacial score (nSPS) is 16.0. The quantitative estimate of drug-likeness (QED) is 0.562. The molecule has 0 aliphatic heterocycles. The van der Waals surface area contributed by atoms with Gasteiger partial charge in [0.1, 0.15) is 0 Å². The van der Waals surface area contributed by atoms with Gasteiger partial charge in [0.05, 0.1) is 6.10 Å². The fourth-order valence-electron chi connectivity index (χ4n) is 1.04. The van der Waals surface area contributed by atoms with E-state index in [0.29, 0.717) is 0 Å². The van der Waals surface area contributed by atoms with Crippen molar-refractivity contribution in [3.05, 3.63) is 0 Å². The Bertz CT molecular complexity index is 98.5. The second kappa shape index (κ2) is 7.53. The average molecular weight is 175 g/mol. The van der Waals surface area contributed by atoms with Gasteiger partial charge in [-0.1, -0.05) is 6.92 Å². The van der Waals surface area contributed by atoms with Gasteiger partial charge in [-0.3, -0.25) is 0 Å². The first kappa shape index (κ1) is 11.9. The Morgan fingerprint density at radius 1 is 1.50 bits per heavy atom. The Kier molecular flexibility index (Phi) is 7.45.